The number of hydrogen-bond donors (Lipinski definition) is 3. The molecule has 0 aromatic heterocycles. The van der Waals surface area contributed by atoms with E-state index in [9.17, 15) is 19.5 Å². The first-order valence-electron chi connectivity index (χ1n) is 10.8. The van der Waals surface area contributed by atoms with Crippen LogP contribution in [0.5, 0.6) is 0 Å². The summed E-state index contributed by atoms with van der Waals surface area (Å²) in [5, 5.41) is 15.1. The molecule has 0 aliphatic carbocycles. The van der Waals surface area contributed by atoms with Crippen molar-refractivity contribution >= 4 is 17.9 Å². The van der Waals surface area contributed by atoms with E-state index < -0.39 is 29.7 Å². The number of aliphatic hydroxyl groups excluding tert-OH is 1. The molecule has 0 aliphatic rings. The average Bonchev–Trinajstić information content (AvgIpc) is 2.66. The molecule has 1 rings (SSSR count). The third-order valence-corrected chi connectivity index (χ3v) is 4.51. The van der Waals surface area contributed by atoms with E-state index in [1.54, 1.807) is 45.0 Å². The number of rotatable bonds is 10. The molecule has 3 amide bonds. The zero-order valence-electron chi connectivity index (χ0n) is 19.5. The minimum atomic E-state index is -0.950. The molecule has 0 spiro atoms. The van der Waals surface area contributed by atoms with Crippen LogP contribution < -0.4 is 10.6 Å². The van der Waals surface area contributed by atoms with Crippen molar-refractivity contribution in [2.75, 3.05) is 13.2 Å². The van der Waals surface area contributed by atoms with Gasteiger partial charge in [-0.15, -0.1) is 0 Å². The van der Waals surface area contributed by atoms with Gasteiger partial charge < -0.3 is 25.4 Å². The van der Waals surface area contributed by atoms with Crippen LogP contribution in [0.4, 0.5) is 4.79 Å². The summed E-state index contributed by atoms with van der Waals surface area (Å²) in [6.45, 7) is 10.3. The quantitative estimate of drug-likeness (QED) is 0.524. The summed E-state index contributed by atoms with van der Waals surface area (Å²) in [7, 11) is 0. The fraction of sp³-hybridized carbons (Fsp3) is 0.609. The zero-order chi connectivity index (χ0) is 23.6. The molecule has 8 heteroatoms. The lowest BCUT2D eigenvalue weighted by molar-refractivity contribution is -0.143. The lowest BCUT2D eigenvalue weighted by atomic mass is 10.0. The van der Waals surface area contributed by atoms with Gasteiger partial charge in [0.15, 0.2) is 0 Å². The minimum absolute atomic E-state index is 0.0612. The summed E-state index contributed by atoms with van der Waals surface area (Å²) < 4.78 is 5.22. The van der Waals surface area contributed by atoms with Gasteiger partial charge in [-0.05, 0) is 46.6 Å². The second-order valence-corrected chi connectivity index (χ2v) is 8.63. The van der Waals surface area contributed by atoms with Crippen molar-refractivity contribution in [3.8, 4) is 0 Å². The third-order valence-electron chi connectivity index (χ3n) is 4.51. The smallest absolute Gasteiger partial charge is 0.408 e. The summed E-state index contributed by atoms with van der Waals surface area (Å²) in [6.07, 6.45) is 0.986. The fourth-order valence-corrected chi connectivity index (χ4v) is 3.20. The Hall–Kier alpha value is -2.61. The number of hydrogen-bond acceptors (Lipinski definition) is 5. The van der Waals surface area contributed by atoms with Crippen LogP contribution in [0.15, 0.2) is 30.3 Å². The summed E-state index contributed by atoms with van der Waals surface area (Å²) in [4.78, 5) is 39.8. The molecular weight excluding hydrogens is 398 g/mol. The first-order chi connectivity index (χ1) is 14.5. The van der Waals surface area contributed by atoms with Crippen molar-refractivity contribution in [3.05, 3.63) is 35.9 Å². The highest BCUT2D eigenvalue weighted by Crippen LogP contribution is 2.22. The number of ether oxygens (including phenoxy) is 1. The number of carbonyl (C=O) groups excluding carboxylic acids is 3. The van der Waals surface area contributed by atoms with Gasteiger partial charge in [-0.3, -0.25) is 9.59 Å². The molecule has 0 bridgehead atoms. The number of amides is 3. The molecule has 174 valence electrons. The maximum absolute atomic E-state index is 13.2. The molecule has 0 heterocycles. The second-order valence-electron chi connectivity index (χ2n) is 8.63. The van der Waals surface area contributed by atoms with E-state index in [1.807, 2.05) is 19.9 Å². The summed E-state index contributed by atoms with van der Waals surface area (Å²) >= 11 is 0. The molecule has 3 unspecified atom stereocenters. The Kier molecular flexibility index (Phi) is 10.5. The topological polar surface area (TPSA) is 108 Å². The van der Waals surface area contributed by atoms with Crippen LogP contribution in [0, 0.1) is 0 Å². The molecule has 1 aromatic carbocycles. The minimum Gasteiger partial charge on any atom is -0.444 e. The number of aliphatic hydroxyl groups is 1. The van der Waals surface area contributed by atoms with E-state index in [-0.39, 0.29) is 25.1 Å². The van der Waals surface area contributed by atoms with E-state index in [0.29, 0.717) is 5.56 Å². The lowest BCUT2D eigenvalue weighted by Crippen LogP contribution is -2.53. The maximum Gasteiger partial charge on any atom is 0.408 e. The van der Waals surface area contributed by atoms with Crippen molar-refractivity contribution in [2.24, 2.45) is 0 Å². The average molecular weight is 436 g/mol. The molecule has 31 heavy (non-hydrogen) atoms. The standard InChI is InChI=1S/C23H37N3O5/c1-7-11-16(2)24-20(28)19(18-12-9-8-10-13-18)26(14-15-27)21(29)17(3)25-22(30)31-23(4,5)6/h8-10,12-13,16-17,19,27H,7,11,14-15H2,1-6H3,(H,24,28)(H,25,30). The molecule has 8 nitrogen and oxygen atoms in total. The van der Waals surface area contributed by atoms with Crippen LogP contribution in [0.1, 0.15) is 66.0 Å². The van der Waals surface area contributed by atoms with Crippen molar-refractivity contribution in [2.45, 2.75) is 78.1 Å². The normalized spacial score (nSPS) is 14.2. The molecule has 3 atom stereocenters. The van der Waals surface area contributed by atoms with Crippen LogP contribution in [0.3, 0.4) is 0 Å². The first kappa shape index (κ1) is 26.4. The van der Waals surface area contributed by atoms with Crippen LogP contribution in [0.25, 0.3) is 0 Å². The summed E-state index contributed by atoms with van der Waals surface area (Å²) in [6, 6.07) is 6.97. The maximum atomic E-state index is 13.2. The Morgan fingerprint density at radius 2 is 1.71 bits per heavy atom. The number of nitrogens with zero attached hydrogens (tertiary/aromatic N) is 1. The number of nitrogens with one attached hydrogen (secondary N) is 2. The van der Waals surface area contributed by atoms with E-state index >= 15 is 0 Å². The Balaban J connectivity index is 3.15. The van der Waals surface area contributed by atoms with Gasteiger partial charge in [0.25, 0.3) is 0 Å². The van der Waals surface area contributed by atoms with Crippen LogP contribution in [0.2, 0.25) is 0 Å². The highest BCUT2D eigenvalue weighted by molar-refractivity contribution is 5.92. The van der Waals surface area contributed by atoms with E-state index in [0.717, 1.165) is 12.8 Å². The first-order valence-corrected chi connectivity index (χ1v) is 10.8. The number of alkyl carbamates (subject to hydrolysis) is 1. The SMILES string of the molecule is CCCC(C)NC(=O)C(c1ccccc1)N(CCO)C(=O)C(C)NC(=O)OC(C)(C)C. The zero-order valence-corrected chi connectivity index (χ0v) is 19.5. The third kappa shape index (κ3) is 8.96. The van der Waals surface area contributed by atoms with Gasteiger partial charge in [0.2, 0.25) is 11.8 Å². The molecule has 0 saturated carbocycles. The highest BCUT2D eigenvalue weighted by Gasteiger charge is 2.34. The van der Waals surface area contributed by atoms with Crippen LogP contribution in [-0.4, -0.2) is 58.8 Å². The van der Waals surface area contributed by atoms with Gasteiger partial charge in [0.05, 0.1) is 6.61 Å². The molecule has 0 radical (unpaired) electrons. The second kappa shape index (κ2) is 12.3. The van der Waals surface area contributed by atoms with Crippen molar-refractivity contribution in [3.63, 3.8) is 0 Å². The molecule has 0 fully saturated rings. The monoisotopic (exact) mass is 435 g/mol. The number of carbonyl (C=O) groups is 3. The Morgan fingerprint density at radius 3 is 2.23 bits per heavy atom. The van der Waals surface area contributed by atoms with Gasteiger partial charge in [-0.25, -0.2) is 4.79 Å². The largest absolute Gasteiger partial charge is 0.444 e. The Bertz CT molecular complexity index is 718. The van der Waals surface area contributed by atoms with E-state index in [2.05, 4.69) is 10.6 Å². The molecule has 3 N–H and O–H groups in total. The molecule has 1 aromatic rings. The van der Waals surface area contributed by atoms with Crippen molar-refractivity contribution < 1.29 is 24.2 Å². The van der Waals surface area contributed by atoms with Gasteiger partial charge in [-0.1, -0.05) is 43.7 Å². The Labute approximate surface area is 185 Å². The van der Waals surface area contributed by atoms with Crippen molar-refractivity contribution in [1.82, 2.24) is 15.5 Å². The van der Waals surface area contributed by atoms with Gasteiger partial charge in [0, 0.05) is 12.6 Å². The van der Waals surface area contributed by atoms with Gasteiger partial charge in [-0.2, -0.15) is 0 Å². The van der Waals surface area contributed by atoms with Crippen LogP contribution >= 0.6 is 0 Å². The fourth-order valence-electron chi connectivity index (χ4n) is 3.20. The summed E-state index contributed by atoms with van der Waals surface area (Å²) in [5.41, 5.74) is -0.0885. The molecule has 0 saturated heterocycles. The summed E-state index contributed by atoms with van der Waals surface area (Å²) in [5.74, 6) is -0.828. The van der Waals surface area contributed by atoms with Gasteiger partial charge >= 0.3 is 6.09 Å². The highest BCUT2D eigenvalue weighted by atomic mass is 16.6. The van der Waals surface area contributed by atoms with E-state index in [4.69, 9.17) is 4.74 Å². The molecule has 0 aliphatic heterocycles. The van der Waals surface area contributed by atoms with Crippen LogP contribution in [-0.2, 0) is 14.3 Å². The Morgan fingerprint density at radius 1 is 1.10 bits per heavy atom. The number of benzene rings is 1. The molecular formula is C23H37N3O5. The predicted octanol–water partition coefficient (Wildman–Crippen LogP) is 2.77. The predicted molar refractivity (Wildman–Crippen MR) is 119 cm³/mol. The van der Waals surface area contributed by atoms with E-state index in [1.165, 1.54) is 11.8 Å². The van der Waals surface area contributed by atoms with Crippen molar-refractivity contribution in [1.29, 1.82) is 0 Å². The lowest BCUT2D eigenvalue weighted by Gasteiger charge is -2.33. The van der Waals surface area contributed by atoms with Gasteiger partial charge in [0.1, 0.15) is 17.7 Å².